The van der Waals surface area contributed by atoms with E-state index < -0.39 is 0 Å². The highest BCUT2D eigenvalue weighted by Crippen LogP contribution is 2.20. The zero-order valence-corrected chi connectivity index (χ0v) is 15.8. The zero-order valence-electron chi connectivity index (χ0n) is 15.8. The van der Waals surface area contributed by atoms with Crippen molar-refractivity contribution < 1.29 is 13.5 Å². The number of nitrogens with zero attached hydrogens (tertiary/aromatic N) is 3. The molecule has 3 aromatic rings. The summed E-state index contributed by atoms with van der Waals surface area (Å²) in [7, 11) is 0. The van der Waals surface area contributed by atoms with Gasteiger partial charge in [-0.2, -0.15) is 0 Å². The molecule has 1 aromatic heterocycles. The van der Waals surface area contributed by atoms with Crippen molar-refractivity contribution >= 4 is 0 Å². The molecule has 4 rings (SSSR count). The smallest absolute Gasteiger partial charge is 0.226 e. The summed E-state index contributed by atoms with van der Waals surface area (Å²) >= 11 is 0. The third kappa shape index (κ3) is 4.97. The number of hydrogen-bond donors (Lipinski definition) is 0. The minimum atomic E-state index is -0.262. The van der Waals surface area contributed by atoms with Crippen LogP contribution in [-0.2, 0) is 6.54 Å². The first kappa shape index (κ1) is 18.7. The van der Waals surface area contributed by atoms with Crippen molar-refractivity contribution in [2.75, 3.05) is 39.3 Å². The first-order valence-electron chi connectivity index (χ1n) is 9.59. The van der Waals surface area contributed by atoms with Gasteiger partial charge in [-0.3, -0.25) is 9.80 Å². The number of aromatic nitrogens is 1. The highest BCUT2D eigenvalue weighted by Gasteiger charge is 2.18. The van der Waals surface area contributed by atoms with Crippen LogP contribution in [0.15, 0.2) is 65.3 Å². The Morgan fingerprint density at radius 3 is 2.39 bits per heavy atom. The molecule has 0 saturated carbocycles. The summed E-state index contributed by atoms with van der Waals surface area (Å²) in [6.07, 6.45) is 1.69. The van der Waals surface area contributed by atoms with E-state index in [1.165, 1.54) is 12.1 Å². The van der Waals surface area contributed by atoms with Gasteiger partial charge in [0, 0.05) is 44.8 Å². The van der Waals surface area contributed by atoms with Gasteiger partial charge in [0.1, 0.15) is 24.4 Å². The van der Waals surface area contributed by atoms with Crippen LogP contribution in [0.25, 0.3) is 11.5 Å². The fourth-order valence-corrected chi connectivity index (χ4v) is 3.31. The number of oxazole rings is 1. The molecule has 146 valence electrons. The van der Waals surface area contributed by atoms with Crippen LogP contribution < -0.4 is 4.74 Å². The van der Waals surface area contributed by atoms with Crippen LogP contribution in [0.1, 0.15) is 5.69 Å². The SMILES string of the molecule is Fc1ccc(-c2nc(CN3CCN(CCOc4ccccc4)CC3)co2)cc1. The Hall–Kier alpha value is -2.70. The Kier molecular flexibility index (Phi) is 5.99. The number of halogens is 1. The molecule has 0 N–H and O–H groups in total. The topological polar surface area (TPSA) is 41.7 Å². The Balaban J connectivity index is 1.21. The predicted octanol–water partition coefficient (Wildman–Crippen LogP) is 3.68. The Labute approximate surface area is 164 Å². The molecule has 1 fully saturated rings. The van der Waals surface area contributed by atoms with E-state index in [2.05, 4.69) is 14.8 Å². The van der Waals surface area contributed by atoms with Gasteiger partial charge < -0.3 is 9.15 Å². The summed E-state index contributed by atoms with van der Waals surface area (Å²) in [5.41, 5.74) is 1.69. The standard InChI is InChI=1S/C22H24FN3O2/c23-19-8-6-18(7-9-19)22-24-20(17-28-22)16-26-12-10-25(11-13-26)14-15-27-21-4-2-1-3-5-21/h1-9,17H,10-16H2. The van der Waals surface area contributed by atoms with Gasteiger partial charge in [-0.15, -0.1) is 0 Å². The second-order valence-electron chi connectivity index (χ2n) is 6.93. The van der Waals surface area contributed by atoms with E-state index >= 15 is 0 Å². The zero-order chi connectivity index (χ0) is 19.2. The number of hydrogen-bond acceptors (Lipinski definition) is 5. The lowest BCUT2D eigenvalue weighted by Crippen LogP contribution is -2.47. The van der Waals surface area contributed by atoms with E-state index in [9.17, 15) is 4.39 Å². The molecule has 0 atom stereocenters. The van der Waals surface area contributed by atoms with Gasteiger partial charge in [-0.1, -0.05) is 18.2 Å². The van der Waals surface area contributed by atoms with E-state index in [0.717, 1.165) is 56.3 Å². The first-order chi connectivity index (χ1) is 13.8. The van der Waals surface area contributed by atoms with Gasteiger partial charge in [0.05, 0.1) is 5.69 Å². The highest BCUT2D eigenvalue weighted by molar-refractivity contribution is 5.52. The molecule has 6 heteroatoms. The van der Waals surface area contributed by atoms with E-state index in [1.54, 1.807) is 18.4 Å². The van der Waals surface area contributed by atoms with Crippen LogP contribution in [-0.4, -0.2) is 54.1 Å². The molecule has 0 bridgehead atoms. The van der Waals surface area contributed by atoms with Gasteiger partial charge in [0.25, 0.3) is 0 Å². The van der Waals surface area contributed by atoms with Crippen molar-refractivity contribution in [3.8, 4) is 17.2 Å². The van der Waals surface area contributed by atoms with Crippen molar-refractivity contribution in [2.45, 2.75) is 6.54 Å². The van der Waals surface area contributed by atoms with Crippen LogP contribution in [0, 0.1) is 5.82 Å². The largest absolute Gasteiger partial charge is 0.492 e. The molecular weight excluding hydrogens is 357 g/mol. The lowest BCUT2D eigenvalue weighted by molar-refractivity contribution is 0.111. The summed E-state index contributed by atoms with van der Waals surface area (Å²) in [6.45, 7) is 6.41. The molecule has 1 aliphatic heterocycles. The fourth-order valence-electron chi connectivity index (χ4n) is 3.31. The maximum Gasteiger partial charge on any atom is 0.226 e. The summed E-state index contributed by atoms with van der Waals surface area (Å²) in [6, 6.07) is 16.1. The van der Waals surface area contributed by atoms with Crippen LogP contribution >= 0.6 is 0 Å². The molecule has 0 amide bonds. The average molecular weight is 381 g/mol. The number of benzene rings is 2. The highest BCUT2D eigenvalue weighted by atomic mass is 19.1. The van der Waals surface area contributed by atoms with E-state index in [0.29, 0.717) is 12.5 Å². The van der Waals surface area contributed by atoms with Crippen molar-refractivity contribution in [1.29, 1.82) is 0 Å². The van der Waals surface area contributed by atoms with Crippen molar-refractivity contribution in [3.63, 3.8) is 0 Å². The molecule has 1 aliphatic rings. The molecule has 0 spiro atoms. The van der Waals surface area contributed by atoms with Crippen molar-refractivity contribution in [1.82, 2.24) is 14.8 Å². The third-order valence-corrected chi connectivity index (χ3v) is 4.91. The summed E-state index contributed by atoms with van der Waals surface area (Å²) in [5, 5.41) is 0. The third-order valence-electron chi connectivity index (χ3n) is 4.91. The van der Waals surface area contributed by atoms with E-state index in [1.807, 2.05) is 30.3 Å². The molecule has 5 nitrogen and oxygen atoms in total. The molecule has 2 aromatic carbocycles. The normalized spacial score (nSPS) is 15.6. The summed E-state index contributed by atoms with van der Waals surface area (Å²) in [5.74, 6) is 1.19. The fraction of sp³-hybridized carbons (Fsp3) is 0.318. The molecule has 0 aliphatic carbocycles. The summed E-state index contributed by atoms with van der Waals surface area (Å²) in [4.78, 5) is 9.34. The second-order valence-corrected chi connectivity index (χ2v) is 6.93. The predicted molar refractivity (Wildman–Crippen MR) is 106 cm³/mol. The van der Waals surface area contributed by atoms with Crippen LogP contribution in [0.4, 0.5) is 4.39 Å². The lowest BCUT2D eigenvalue weighted by atomic mass is 10.2. The molecule has 28 heavy (non-hydrogen) atoms. The minimum Gasteiger partial charge on any atom is -0.492 e. The number of rotatable bonds is 7. The van der Waals surface area contributed by atoms with Gasteiger partial charge in [0.2, 0.25) is 5.89 Å². The van der Waals surface area contributed by atoms with E-state index in [4.69, 9.17) is 9.15 Å². The van der Waals surface area contributed by atoms with Crippen molar-refractivity contribution in [3.05, 3.63) is 72.4 Å². The Morgan fingerprint density at radius 2 is 1.64 bits per heavy atom. The van der Waals surface area contributed by atoms with Gasteiger partial charge in [0.15, 0.2) is 0 Å². The van der Waals surface area contributed by atoms with Crippen LogP contribution in [0.5, 0.6) is 5.75 Å². The Bertz CT molecular complexity index is 859. The lowest BCUT2D eigenvalue weighted by Gasteiger charge is -2.34. The number of piperazine rings is 1. The Morgan fingerprint density at radius 1 is 0.929 bits per heavy atom. The summed E-state index contributed by atoms with van der Waals surface area (Å²) < 4.78 is 24.4. The maximum atomic E-state index is 13.0. The molecule has 1 saturated heterocycles. The molecule has 0 radical (unpaired) electrons. The molecule has 0 unspecified atom stereocenters. The van der Waals surface area contributed by atoms with E-state index in [-0.39, 0.29) is 5.82 Å². The average Bonchev–Trinajstić information content (AvgIpc) is 3.19. The quantitative estimate of drug-likeness (QED) is 0.625. The first-order valence-corrected chi connectivity index (χ1v) is 9.59. The van der Waals surface area contributed by atoms with Crippen LogP contribution in [0.3, 0.4) is 0 Å². The number of para-hydroxylation sites is 1. The minimum absolute atomic E-state index is 0.262. The van der Waals surface area contributed by atoms with Crippen LogP contribution in [0.2, 0.25) is 0 Å². The monoisotopic (exact) mass is 381 g/mol. The van der Waals surface area contributed by atoms with Gasteiger partial charge in [-0.05, 0) is 36.4 Å². The molecule has 2 heterocycles. The number of ether oxygens (including phenoxy) is 1. The van der Waals surface area contributed by atoms with Crippen molar-refractivity contribution in [2.24, 2.45) is 0 Å². The van der Waals surface area contributed by atoms with Gasteiger partial charge in [-0.25, -0.2) is 9.37 Å². The van der Waals surface area contributed by atoms with Gasteiger partial charge >= 0.3 is 0 Å². The maximum absolute atomic E-state index is 13.0. The second kappa shape index (κ2) is 8.99. The molecular formula is C22H24FN3O2.